The van der Waals surface area contributed by atoms with Crippen LogP contribution in [0.3, 0.4) is 0 Å². The second kappa shape index (κ2) is 5.10. The maximum atomic E-state index is 11.2. The number of hydrogen-bond acceptors (Lipinski definition) is 3. The molecule has 0 aliphatic heterocycles. The molecule has 2 atom stereocenters. The number of aliphatic hydroxyl groups is 1. The normalized spacial score (nSPS) is 27.1. The van der Waals surface area contributed by atoms with E-state index in [1.807, 2.05) is 18.2 Å². The minimum atomic E-state index is -0.832. The fourth-order valence-electron chi connectivity index (χ4n) is 3.15. The third-order valence-corrected chi connectivity index (χ3v) is 4.14. The summed E-state index contributed by atoms with van der Waals surface area (Å²) >= 11 is 0. The van der Waals surface area contributed by atoms with Gasteiger partial charge in [-0.25, -0.2) is 9.97 Å². The molecule has 0 amide bonds. The zero-order valence-corrected chi connectivity index (χ0v) is 10.9. The monoisotopic (exact) mass is 254 g/mol. The second-order valence-corrected chi connectivity index (χ2v) is 5.26. The lowest BCUT2D eigenvalue weighted by molar-refractivity contribution is -0.0230. The molecular weight excluding hydrogens is 236 g/mol. The average Bonchev–Trinajstić information content (AvgIpc) is 2.49. The third-order valence-electron chi connectivity index (χ3n) is 4.14. The van der Waals surface area contributed by atoms with Gasteiger partial charge in [0.15, 0.2) is 0 Å². The molecule has 1 N–H and O–H groups in total. The SMILES string of the molecule is OC1(c2cncnc2)CCCCC1c1ccccc1. The highest BCUT2D eigenvalue weighted by Gasteiger charge is 2.41. The predicted octanol–water partition coefficient (Wildman–Crippen LogP) is 3.02. The Hall–Kier alpha value is -1.74. The maximum absolute atomic E-state index is 11.2. The molecule has 1 saturated carbocycles. The first kappa shape index (κ1) is 12.3. The Bertz CT molecular complexity index is 529. The van der Waals surface area contributed by atoms with Crippen molar-refractivity contribution >= 4 is 0 Å². The fourth-order valence-corrected chi connectivity index (χ4v) is 3.15. The molecule has 1 aromatic heterocycles. The number of aromatic nitrogens is 2. The van der Waals surface area contributed by atoms with Crippen LogP contribution in [0.4, 0.5) is 0 Å². The van der Waals surface area contributed by atoms with E-state index in [-0.39, 0.29) is 5.92 Å². The molecule has 0 spiro atoms. The van der Waals surface area contributed by atoms with E-state index in [4.69, 9.17) is 0 Å². The highest BCUT2D eigenvalue weighted by molar-refractivity contribution is 5.29. The molecule has 1 aromatic carbocycles. The largest absolute Gasteiger partial charge is 0.384 e. The topological polar surface area (TPSA) is 46.0 Å². The molecule has 0 saturated heterocycles. The van der Waals surface area contributed by atoms with E-state index in [0.29, 0.717) is 0 Å². The smallest absolute Gasteiger partial charge is 0.115 e. The lowest BCUT2D eigenvalue weighted by atomic mass is 9.69. The van der Waals surface area contributed by atoms with Crippen LogP contribution < -0.4 is 0 Å². The van der Waals surface area contributed by atoms with Crippen LogP contribution in [0.25, 0.3) is 0 Å². The summed E-state index contributed by atoms with van der Waals surface area (Å²) in [6.45, 7) is 0. The average molecular weight is 254 g/mol. The van der Waals surface area contributed by atoms with Gasteiger partial charge in [-0.15, -0.1) is 0 Å². The molecule has 98 valence electrons. The van der Waals surface area contributed by atoms with Crippen molar-refractivity contribution in [3.8, 4) is 0 Å². The van der Waals surface area contributed by atoms with Gasteiger partial charge in [-0.2, -0.15) is 0 Å². The summed E-state index contributed by atoms with van der Waals surface area (Å²) in [5, 5.41) is 11.2. The van der Waals surface area contributed by atoms with Gasteiger partial charge in [0.1, 0.15) is 6.33 Å². The quantitative estimate of drug-likeness (QED) is 0.896. The van der Waals surface area contributed by atoms with Crippen molar-refractivity contribution in [1.82, 2.24) is 9.97 Å². The molecule has 3 rings (SSSR count). The minimum absolute atomic E-state index is 0.133. The lowest BCUT2D eigenvalue weighted by Crippen LogP contribution is -2.36. The zero-order chi connectivity index (χ0) is 13.1. The number of hydrogen-bond donors (Lipinski definition) is 1. The van der Waals surface area contributed by atoms with Crippen LogP contribution >= 0.6 is 0 Å². The summed E-state index contributed by atoms with van der Waals surface area (Å²) < 4.78 is 0. The van der Waals surface area contributed by atoms with E-state index in [1.165, 1.54) is 11.9 Å². The van der Waals surface area contributed by atoms with Gasteiger partial charge < -0.3 is 5.11 Å². The van der Waals surface area contributed by atoms with Gasteiger partial charge in [0.05, 0.1) is 5.60 Å². The summed E-state index contributed by atoms with van der Waals surface area (Å²) in [5.41, 5.74) is 1.21. The number of benzene rings is 1. The first-order chi connectivity index (χ1) is 9.31. The molecule has 1 heterocycles. The highest BCUT2D eigenvalue weighted by Crippen LogP contribution is 2.46. The van der Waals surface area contributed by atoms with Gasteiger partial charge in [0.2, 0.25) is 0 Å². The standard InChI is InChI=1S/C16H18N2O/c19-16(14-10-17-12-18-11-14)9-5-4-8-15(16)13-6-2-1-3-7-13/h1-3,6-7,10-12,15,19H,4-5,8-9H2. The third kappa shape index (κ3) is 2.26. The Labute approximate surface area is 113 Å². The first-order valence-corrected chi connectivity index (χ1v) is 6.83. The molecule has 19 heavy (non-hydrogen) atoms. The summed E-state index contributed by atoms with van der Waals surface area (Å²) in [7, 11) is 0. The molecule has 2 unspecified atom stereocenters. The van der Waals surface area contributed by atoms with Crippen molar-refractivity contribution in [1.29, 1.82) is 0 Å². The molecule has 0 radical (unpaired) electrons. The molecular formula is C16H18N2O. The summed E-state index contributed by atoms with van der Waals surface area (Å²) in [4.78, 5) is 8.12. The Morgan fingerprint density at radius 1 is 1.05 bits per heavy atom. The fraction of sp³-hybridized carbons (Fsp3) is 0.375. The first-order valence-electron chi connectivity index (χ1n) is 6.83. The Morgan fingerprint density at radius 2 is 1.79 bits per heavy atom. The molecule has 2 aromatic rings. The van der Waals surface area contributed by atoms with E-state index in [2.05, 4.69) is 22.1 Å². The van der Waals surface area contributed by atoms with Crippen LogP contribution in [0.15, 0.2) is 49.1 Å². The molecule has 3 nitrogen and oxygen atoms in total. The van der Waals surface area contributed by atoms with Crippen LogP contribution in [0.2, 0.25) is 0 Å². The van der Waals surface area contributed by atoms with E-state index < -0.39 is 5.60 Å². The zero-order valence-electron chi connectivity index (χ0n) is 10.9. The van der Waals surface area contributed by atoms with Gasteiger partial charge in [0, 0.05) is 23.9 Å². The number of rotatable bonds is 2. The van der Waals surface area contributed by atoms with Crippen molar-refractivity contribution in [2.45, 2.75) is 37.2 Å². The van der Waals surface area contributed by atoms with Gasteiger partial charge in [-0.05, 0) is 18.4 Å². The molecule has 1 fully saturated rings. The molecule has 0 bridgehead atoms. The van der Waals surface area contributed by atoms with E-state index in [0.717, 1.165) is 31.2 Å². The summed E-state index contributed by atoms with van der Waals surface area (Å²) in [6.07, 6.45) is 9.00. The van der Waals surface area contributed by atoms with Crippen LogP contribution in [0.5, 0.6) is 0 Å². The predicted molar refractivity (Wildman–Crippen MR) is 73.6 cm³/mol. The van der Waals surface area contributed by atoms with Crippen LogP contribution in [0, 0.1) is 0 Å². The van der Waals surface area contributed by atoms with Crippen LogP contribution in [-0.2, 0) is 5.60 Å². The van der Waals surface area contributed by atoms with Gasteiger partial charge in [-0.3, -0.25) is 0 Å². The Morgan fingerprint density at radius 3 is 2.53 bits per heavy atom. The molecule has 1 aliphatic carbocycles. The second-order valence-electron chi connectivity index (χ2n) is 5.26. The van der Waals surface area contributed by atoms with Crippen LogP contribution in [-0.4, -0.2) is 15.1 Å². The molecule has 1 aliphatic rings. The van der Waals surface area contributed by atoms with Crippen molar-refractivity contribution in [2.75, 3.05) is 0 Å². The van der Waals surface area contributed by atoms with Crippen molar-refractivity contribution < 1.29 is 5.11 Å². The minimum Gasteiger partial charge on any atom is -0.384 e. The van der Waals surface area contributed by atoms with Crippen LogP contribution in [0.1, 0.15) is 42.7 Å². The highest BCUT2D eigenvalue weighted by atomic mass is 16.3. The maximum Gasteiger partial charge on any atom is 0.115 e. The van der Waals surface area contributed by atoms with E-state index >= 15 is 0 Å². The van der Waals surface area contributed by atoms with Gasteiger partial charge in [-0.1, -0.05) is 43.2 Å². The Kier molecular flexibility index (Phi) is 3.30. The number of nitrogens with zero attached hydrogens (tertiary/aromatic N) is 2. The van der Waals surface area contributed by atoms with Crippen molar-refractivity contribution in [2.24, 2.45) is 0 Å². The van der Waals surface area contributed by atoms with Gasteiger partial charge >= 0.3 is 0 Å². The summed E-state index contributed by atoms with van der Waals surface area (Å²) in [6, 6.07) is 10.3. The lowest BCUT2D eigenvalue weighted by Gasteiger charge is -2.40. The summed E-state index contributed by atoms with van der Waals surface area (Å²) in [5.74, 6) is 0.133. The van der Waals surface area contributed by atoms with Crippen molar-refractivity contribution in [3.05, 3.63) is 60.2 Å². The molecule has 3 heteroatoms. The van der Waals surface area contributed by atoms with Gasteiger partial charge in [0.25, 0.3) is 0 Å². The van der Waals surface area contributed by atoms with E-state index in [9.17, 15) is 5.11 Å². The Balaban J connectivity index is 2.02. The van der Waals surface area contributed by atoms with E-state index in [1.54, 1.807) is 12.4 Å². The van der Waals surface area contributed by atoms with Crippen molar-refractivity contribution in [3.63, 3.8) is 0 Å².